The Morgan fingerprint density at radius 2 is 1.78 bits per heavy atom. The van der Waals surface area contributed by atoms with Crippen molar-refractivity contribution in [3.05, 3.63) is 29.8 Å². The molecule has 0 amide bonds. The highest BCUT2D eigenvalue weighted by molar-refractivity contribution is 8.00. The van der Waals surface area contributed by atoms with Gasteiger partial charge >= 0.3 is 0 Å². The van der Waals surface area contributed by atoms with Gasteiger partial charge in [0.25, 0.3) is 0 Å². The summed E-state index contributed by atoms with van der Waals surface area (Å²) in [6.45, 7) is 9.85. The summed E-state index contributed by atoms with van der Waals surface area (Å²) in [5.41, 5.74) is 1.05. The Morgan fingerprint density at radius 1 is 1.17 bits per heavy atom. The van der Waals surface area contributed by atoms with Gasteiger partial charge in [0.15, 0.2) is 0 Å². The number of hydrogen-bond donors (Lipinski definition) is 1. The van der Waals surface area contributed by atoms with Crippen LogP contribution in [0.3, 0.4) is 0 Å². The van der Waals surface area contributed by atoms with Crippen LogP contribution in [0, 0.1) is 0 Å². The third kappa shape index (κ3) is 6.57. The smallest absolute Gasteiger partial charge is 0.240 e. The predicted octanol–water partition coefficient (Wildman–Crippen LogP) is 4.60. The molecule has 23 heavy (non-hydrogen) atoms. The summed E-state index contributed by atoms with van der Waals surface area (Å²) in [4.78, 5) is 3.32. The molecule has 0 aromatic heterocycles. The molecule has 1 aromatic rings. The Balaban J connectivity index is 0.00000264. The molecule has 2 nitrogen and oxygen atoms in total. The van der Waals surface area contributed by atoms with Crippen molar-refractivity contribution in [3.8, 4) is 0 Å². The molecule has 0 aliphatic carbocycles. The number of nitrogens with one attached hydrogen (secondary N) is 1. The summed E-state index contributed by atoms with van der Waals surface area (Å²) in [5.74, 6) is 0. The average molecular weight is 365 g/mol. The lowest BCUT2D eigenvalue weighted by Crippen LogP contribution is -2.45. The third-order valence-corrected chi connectivity index (χ3v) is 4.89. The number of thioether (sulfide) groups is 1. The maximum atomic E-state index is 13.1. The van der Waals surface area contributed by atoms with Gasteiger partial charge in [-0.1, -0.05) is 39.0 Å². The molecule has 132 valence electrons. The Kier molecular flexibility index (Phi) is 8.28. The van der Waals surface area contributed by atoms with E-state index in [1.165, 1.54) is 0 Å². The molecular formula is C17H27ClF2N2S. The molecule has 1 atom stereocenters. The number of alkyl halides is 2. The Bertz CT molecular complexity index is 474. The van der Waals surface area contributed by atoms with Crippen LogP contribution in [0.5, 0.6) is 0 Å². The Morgan fingerprint density at radius 3 is 2.35 bits per heavy atom. The Hall–Kier alpha value is -0.360. The van der Waals surface area contributed by atoms with E-state index in [9.17, 15) is 8.78 Å². The highest BCUT2D eigenvalue weighted by Crippen LogP contribution is 2.39. The quantitative estimate of drug-likeness (QED) is 0.768. The van der Waals surface area contributed by atoms with Crippen LogP contribution in [-0.4, -0.2) is 42.3 Å². The van der Waals surface area contributed by atoms with Gasteiger partial charge < -0.3 is 5.32 Å². The lowest BCUT2D eigenvalue weighted by atomic mass is 10.0. The van der Waals surface area contributed by atoms with E-state index >= 15 is 0 Å². The molecule has 1 heterocycles. The van der Waals surface area contributed by atoms with Gasteiger partial charge in [0.2, 0.25) is 6.43 Å². The van der Waals surface area contributed by atoms with Crippen molar-refractivity contribution >= 4 is 24.2 Å². The highest BCUT2D eigenvalue weighted by atomic mass is 35.5. The molecule has 0 radical (unpaired) electrons. The molecule has 1 saturated heterocycles. The lowest BCUT2D eigenvalue weighted by Gasteiger charge is -2.36. The molecule has 1 fully saturated rings. The molecule has 0 bridgehead atoms. The van der Waals surface area contributed by atoms with Crippen molar-refractivity contribution < 1.29 is 8.78 Å². The number of halogens is 3. The van der Waals surface area contributed by atoms with Gasteiger partial charge in [0.1, 0.15) is 0 Å². The van der Waals surface area contributed by atoms with Gasteiger partial charge in [-0.15, -0.1) is 24.2 Å². The van der Waals surface area contributed by atoms with E-state index in [-0.39, 0.29) is 29.6 Å². The first-order valence-electron chi connectivity index (χ1n) is 7.87. The highest BCUT2D eigenvalue weighted by Gasteiger charge is 2.28. The van der Waals surface area contributed by atoms with Gasteiger partial charge in [-0.05, 0) is 11.6 Å². The van der Waals surface area contributed by atoms with Gasteiger partial charge in [-0.2, -0.15) is 0 Å². The predicted molar refractivity (Wildman–Crippen MR) is 97.1 cm³/mol. The number of benzene rings is 1. The maximum Gasteiger partial charge on any atom is 0.240 e. The van der Waals surface area contributed by atoms with E-state index in [1.807, 2.05) is 18.2 Å². The summed E-state index contributed by atoms with van der Waals surface area (Å²) in [5, 5.41) is 3.29. The Labute approximate surface area is 148 Å². The second kappa shape index (κ2) is 9.21. The summed E-state index contributed by atoms with van der Waals surface area (Å²) < 4.78 is 26.4. The number of nitrogens with zero attached hydrogens (tertiary/aromatic N) is 1. The first-order valence-corrected chi connectivity index (χ1v) is 8.69. The summed E-state index contributed by atoms with van der Waals surface area (Å²) in [6.07, 6.45) is -2.38. The number of hydrogen-bond acceptors (Lipinski definition) is 3. The topological polar surface area (TPSA) is 15.3 Å². The normalized spacial score (nSPS) is 17.8. The summed E-state index contributed by atoms with van der Waals surface area (Å²) >= 11 is 1.76. The van der Waals surface area contributed by atoms with Crippen LogP contribution >= 0.6 is 24.2 Å². The molecule has 0 saturated carbocycles. The first-order chi connectivity index (χ1) is 10.4. The minimum Gasteiger partial charge on any atom is -0.314 e. The van der Waals surface area contributed by atoms with Crippen molar-refractivity contribution in [1.29, 1.82) is 0 Å². The molecule has 1 aromatic carbocycles. The summed E-state index contributed by atoms with van der Waals surface area (Å²) in [7, 11) is 0. The first kappa shape index (κ1) is 20.7. The van der Waals surface area contributed by atoms with Crippen LogP contribution in [0.15, 0.2) is 29.2 Å². The zero-order valence-corrected chi connectivity index (χ0v) is 15.7. The monoisotopic (exact) mass is 364 g/mol. The fourth-order valence-corrected chi connectivity index (χ4v) is 3.94. The van der Waals surface area contributed by atoms with E-state index in [0.29, 0.717) is 0 Å². The van der Waals surface area contributed by atoms with Crippen molar-refractivity contribution in [2.45, 2.75) is 49.3 Å². The van der Waals surface area contributed by atoms with Gasteiger partial charge in [-0.25, -0.2) is 8.78 Å². The average Bonchev–Trinajstić information content (AvgIpc) is 2.45. The van der Waals surface area contributed by atoms with Crippen molar-refractivity contribution in [2.75, 3.05) is 26.2 Å². The fraction of sp³-hybridized carbons (Fsp3) is 0.647. The van der Waals surface area contributed by atoms with Crippen molar-refractivity contribution in [3.63, 3.8) is 0 Å². The third-order valence-electron chi connectivity index (χ3n) is 3.69. The van der Waals surface area contributed by atoms with Gasteiger partial charge in [-0.3, -0.25) is 4.90 Å². The molecule has 1 aliphatic rings. The largest absolute Gasteiger partial charge is 0.314 e. The van der Waals surface area contributed by atoms with Gasteiger partial charge in [0, 0.05) is 48.3 Å². The van der Waals surface area contributed by atoms with Crippen LogP contribution in [0.4, 0.5) is 8.78 Å². The van der Waals surface area contributed by atoms with Gasteiger partial charge in [0.05, 0.1) is 0 Å². The van der Waals surface area contributed by atoms with Crippen molar-refractivity contribution in [2.24, 2.45) is 0 Å². The minimum atomic E-state index is -2.28. The maximum absolute atomic E-state index is 13.1. The molecule has 0 unspecified atom stereocenters. The number of rotatable bonds is 5. The van der Waals surface area contributed by atoms with E-state index < -0.39 is 6.43 Å². The zero-order chi connectivity index (χ0) is 16.2. The van der Waals surface area contributed by atoms with E-state index in [1.54, 1.807) is 11.8 Å². The molecule has 1 N–H and O–H groups in total. The number of piperazine rings is 1. The lowest BCUT2D eigenvalue weighted by molar-refractivity contribution is 0.0729. The molecule has 1 aliphatic heterocycles. The van der Waals surface area contributed by atoms with Crippen LogP contribution in [-0.2, 0) is 0 Å². The second-order valence-corrected chi connectivity index (χ2v) is 8.55. The van der Waals surface area contributed by atoms with Crippen molar-refractivity contribution in [1.82, 2.24) is 10.2 Å². The SMILES string of the molecule is CC(C)(C)Sc1ccccc1[C@H](CC(F)F)N1CCNCC1.Cl. The molecule has 0 spiro atoms. The van der Waals surface area contributed by atoms with E-state index in [4.69, 9.17) is 0 Å². The van der Waals surface area contributed by atoms with E-state index in [2.05, 4.69) is 37.1 Å². The van der Waals surface area contributed by atoms with Crippen LogP contribution in [0.25, 0.3) is 0 Å². The summed E-state index contributed by atoms with van der Waals surface area (Å²) in [6, 6.07) is 7.83. The molecular weight excluding hydrogens is 338 g/mol. The standard InChI is InChI=1S/C17H26F2N2S.ClH/c1-17(2,3)22-15-7-5-4-6-13(15)14(12-16(18)19)21-10-8-20-9-11-21;/h4-7,14,16,20H,8-12H2,1-3H3;1H/t14-;/m0./s1. The van der Waals surface area contributed by atoms with Crippen LogP contribution in [0.1, 0.15) is 38.8 Å². The minimum absolute atomic E-state index is 0. The van der Waals surface area contributed by atoms with Crippen LogP contribution in [0.2, 0.25) is 0 Å². The molecule has 2 rings (SSSR count). The fourth-order valence-electron chi connectivity index (χ4n) is 2.81. The zero-order valence-electron chi connectivity index (χ0n) is 14.0. The van der Waals surface area contributed by atoms with Crippen LogP contribution < -0.4 is 5.32 Å². The molecule has 6 heteroatoms. The second-order valence-electron chi connectivity index (χ2n) is 6.68. The van der Waals surface area contributed by atoms with E-state index in [0.717, 1.165) is 36.6 Å².